The third kappa shape index (κ3) is 4.22. The van der Waals surface area contributed by atoms with Crippen molar-refractivity contribution in [1.82, 2.24) is 4.90 Å². The number of carbonyl (C=O) groups excluding carboxylic acids is 1. The van der Waals surface area contributed by atoms with Crippen LogP contribution in [0.5, 0.6) is 5.75 Å². The molecular formula is C20H23NO2. The number of ether oxygens (including phenoxy) is 1. The number of benzene rings is 2. The van der Waals surface area contributed by atoms with E-state index < -0.39 is 0 Å². The smallest absolute Gasteiger partial charge is 0.257 e. The van der Waals surface area contributed by atoms with Crippen molar-refractivity contribution in [3.63, 3.8) is 0 Å². The van der Waals surface area contributed by atoms with E-state index in [1.165, 1.54) is 0 Å². The SMILES string of the molecule is C=Cc1ccc(C(=O)N(CC)CC)c(OCc2ccccc2)c1. The van der Waals surface area contributed by atoms with Gasteiger partial charge in [0.25, 0.3) is 5.91 Å². The molecule has 0 bridgehead atoms. The van der Waals surface area contributed by atoms with Crippen molar-refractivity contribution >= 4 is 12.0 Å². The van der Waals surface area contributed by atoms with Gasteiger partial charge in [-0.2, -0.15) is 0 Å². The summed E-state index contributed by atoms with van der Waals surface area (Å²) in [5.74, 6) is 0.594. The molecule has 23 heavy (non-hydrogen) atoms. The summed E-state index contributed by atoms with van der Waals surface area (Å²) >= 11 is 0. The minimum atomic E-state index is -0.00586. The van der Waals surface area contributed by atoms with Gasteiger partial charge in [-0.3, -0.25) is 4.79 Å². The van der Waals surface area contributed by atoms with Crippen LogP contribution in [0.25, 0.3) is 6.08 Å². The van der Waals surface area contributed by atoms with Gasteiger partial charge in [0.1, 0.15) is 12.4 Å². The average molecular weight is 309 g/mol. The van der Waals surface area contributed by atoms with Crippen LogP contribution in [0.2, 0.25) is 0 Å². The summed E-state index contributed by atoms with van der Waals surface area (Å²) in [6.45, 7) is 9.52. The highest BCUT2D eigenvalue weighted by Crippen LogP contribution is 2.24. The van der Waals surface area contributed by atoms with Gasteiger partial charge in [0.15, 0.2) is 0 Å². The zero-order chi connectivity index (χ0) is 16.7. The second-order valence-electron chi connectivity index (χ2n) is 5.21. The lowest BCUT2D eigenvalue weighted by Crippen LogP contribution is -2.30. The van der Waals surface area contributed by atoms with E-state index >= 15 is 0 Å². The van der Waals surface area contributed by atoms with Crippen LogP contribution in [0.4, 0.5) is 0 Å². The maximum absolute atomic E-state index is 12.7. The van der Waals surface area contributed by atoms with Crippen LogP contribution >= 0.6 is 0 Å². The monoisotopic (exact) mass is 309 g/mol. The first kappa shape index (κ1) is 16.8. The first-order valence-corrected chi connectivity index (χ1v) is 7.92. The molecule has 0 unspecified atom stereocenters. The molecule has 2 rings (SSSR count). The van der Waals surface area contributed by atoms with E-state index in [2.05, 4.69) is 6.58 Å². The lowest BCUT2D eigenvalue weighted by Gasteiger charge is -2.20. The van der Waals surface area contributed by atoms with E-state index in [0.717, 1.165) is 11.1 Å². The highest BCUT2D eigenvalue weighted by molar-refractivity contribution is 5.97. The van der Waals surface area contributed by atoms with Gasteiger partial charge in [0.2, 0.25) is 0 Å². The van der Waals surface area contributed by atoms with Crippen molar-refractivity contribution in [1.29, 1.82) is 0 Å². The average Bonchev–Trinajstić information content (AvgIpc) is 2.61. The first-order valence-electron chi connectivity index (χ1n) is 7.92. The Hall–Kier alpha value is -2.55. The third-order valence-electron chi connectivity index (χ3n) is 3.76. The van der Waals surface area contributed by atoms with Crippen LogP contribution in [-0.2, 0) is 6.61 Å². The van der Waals surface area contributed by atoms with Crippen LogP contribution in [0, 0.1) is 0 Å². The van der Waals surface area contributed by atoms with Gasteiger partial charge < -0.3 is 9.64 Å². The topological polar surface area (TPSA) is 29.5 Å². The van der Waals surface area contributed by atoms with Gasteiger partial charge in [-0.25, -0.2) is 0 Å². The number of carbonyl (C=O) groups is 1. The van der Waals surface area contributed by atoms with Crippen LogP contribution in [0.15, 0.2) is 55.1 Å². The fraction of sp³-hybridized carbons (Fsp3) is 0.250. The van der Waals surface area contributed by atoms with Gasteiger partial charge in [-0.05, 0) is 37.1 Å². The van der Waals surface area contributed by atoms with Gasteiger partial charge in [-0.1, -0.05) is 49.1 Å². The number of amides is 1. The Kier molecular flexibility index (Phi) is 5.98. The van der Waals surface area contributed by atoms with E-state index in [1.54, 1.807) is 11.0 Å². The van der Waals surface area contributed by atoms with Crippen molar-refractivity contribution in [3.05, 3.63) is 71.8 Å². The van der Waals surface area contributed by atoms with E-state index in [-0.39, 0.29) is 5.91 Å². The van der Waals surface area contributed by atoms with Gasteiger partial charge in [0, 0.05) is 13.1 Å². The lowest BCUT2D eigenvalue weighted by molar-refractivity contribution is 0.0768. The van der Waals surface area contributed by atoms with Crippen molar-refractivity contribution in [2.45, 2.75) is 20.5 Å². The molecule has 0 radical (unpaired) electrons. The molecule has 0 fully saturated rings. The maximum Gasteiger partial charge on any atom is 0.257 e. The molecule has 0 spiro atoms. The molecule has 0 aromatic heterocycles. The molecule has 0 saturated carbocycles. The highest BCUT2D eigenvalue weighted by atomic mass is 16.5. The third-order valence-corrected chi connectivity index (χ3v) is 3.76. The first-order chi connectivity index (χ1) is 11.2. The van der Waals surface area contributed by atoms with Crippen LogP contribution in [-0.4, -0.2) is 23.9 Å². The number of hydrogen-bond donors (Lipinski definition) is 0. The standard InChI is InChI=1S/C20H23NO2/c1-4-16-12-13-18(20(22)21(5-2)6-3)19(14-16)23-15-17-10-8-7-9-11-17/h4,7-14H,1,5-6,15H2,2-3H3. The molecule has 2 aromatic rings. The Morgan fingerprint density at radius 1 is 1.13 bits per heavy atom. The summed E-state index contributed by atoms with van der Waals surface area (Å²) < 4.78 is 5.93. The van der Waals surface area contributed by atoms with E-state index in [4.69, 9.17) is 4.74 Å². The molecule has 0 heterocycles. The second kappa shape index (κ2) is 8.18. The predicted octanol–water partition coefficient (Wildman–Crippen LogP) is 4.39. The Labute approximate surface area is 138 Å². The zero-order valence-electron chi connectivity index (χ0n) is 13.8. The van der Waals surface area contributed by atoms with Crippen molar-refractivity contribution in [2.75, 3.05) is 13.1 Å². The summed E-state index contributed by atoms with van der Waals surface area (Å²) in [6.07, 6.45) is 1.75. The van der Waals surface area contributed by atoms with Crippen molar-refractivity contribution in [2.24, 2.45) is 0 Å². The quantitative estimate of drug-likeness (QED) is 0.759. The Balaban J connectivity index is 2.27. The molecule has 0 aliphatic carbocycles. The number of nitrogens with zero attached hydrogens (tertiary/aromatic N) is 1. The molecule has 120 valence electrons. The number of hydrogen-bond acceptors (Lipinski definition) is 2. The fourth-order valence-electron chi connectivity index (χ4n) is 2.38. The van der Waals surface area contributed by atoms with E-state index in [9.17, 15) is 4.79 Å². The predicted molar refractivity (Wildman–Crippen MR) is 94.6 cm³/mol. The molecular weight excluding hydrogens is 286 g/mol. The largest absolute Gasteiger partial charge is 0.488 e. The summed E-state index contributed by atoms with van der Waals surface area (Å²) in [5.41, 5.74) is 2.59. The van der Waals surface area contributed by atoms with Crippen LogP contribution in [0.3, 0.4) is 0 Å². The lowest BCUT2D eigenvalue weighted by atomic mass is 10.1. The second-order valence-corrected chi connectivity index (χ2v) is 5.21. The molecule has 3 nitrogen and oxygen atoms in total. The molecule has 0 aliphatic rings. The number of rotatable bonds is 7. The molecule has 0 N–H and O–H groups in total. The molecule has 0 saturated heterocycles. The normalized spacial score (nSPS) is 10.2. The molecule has 0 atom stereocenters. The Bertz CT molecular complexity index is 661. The molecule has 3 heteroatoms. The van der Waals surface area contributed by atoms with Gasteiger partial charge >= 0.3 is 0 Å². The Morgan fingerprint density at radius 3 is 2.43 bits per heavy atom. The highest BCUT2D eigenvalue weighted by Gasteiger charge is 2.17. The zero-order valence-corrected chi connectivity index (χ0v) is 13.8. The van der Waals surface area contributed by atoms with Gasteiger partial charge in [-0.15, -0.1) is 0 Å². The molecule has 2 aromatic carbocycles. The van der Waals surface area contributed by atoms with Crippen LogP contribution < -0.4 is 4.74 Å². The van der Waals surface area contributed by atoms with Crippen molar-refractivity contribution in [3.8, 4) is 5.75 Å². The van der Waals surface area contributed by atoms with E-state index in [0.29, 0.717) is 31.0 Å². The van der Waals surface area contributed by atoms with Crippen LogP contribution in [0.1, 0.15) is 35.3 Å². The fourth-order valence-corrected chi connectivity index (χ4v) is 2.38. The maximum atomic E-state index is 12.7. The van der Waals surface area contributed by atoms with Gasteiger partial charge in [0.05, 0.1) is 5.56 Å². The van der Waals surface area contributed by atoms with Crippen molar-refractivity contribution < 1.29 is 9.53 Å². The van der Waals surface area contributed by atoms with E-state index in [1.807, 2.05) is 62.4 Å². The molecule has 0 aliphatic heterocycles. The summed E-state index contributed by atoms with van der Waals surface area (Å²) in [4.78, 5) is 14.4. The molecule has 1 amide bonds. The Morgan fingerprint density at radius 2 is 1.83 bits per heavy atom. The minimum Gasteiger partial charge on any atom is -0.488 e. The minimum absolute atomic E-state index is 0.00586. The summed E-state index contributed by atoms with van der Waals surface area (Å²) in [5, 5.41) is 0. The summed E-state index contributed by atoms with van der Waals surface area (Å²) in [7, 11) is 0. The summed E-state index contributed by atoms with van der Waals surface area (Å²) in [6, 6.07) is 15.5.